The van der Waals surface area contributed by atoms with Crippen molar-refractivity contribution in [1.82, 2.24) is 21.1 Å². The number of fused-ring (bicyclic) bond motifs is 2. The topological polar surface area (TPSA) is 89.4 Å². The highest BCUT2D eigenvalue weighted by molar-refractivity contribution is 5.85. The third kappa shape index (κ3) is 2.58. The van der Waals surface area contributed by atoms with E-state index in [1.807, 2.05) is 0 Å². The van der Waals surface area contributed by atoms with E-state index in [4.69, 9.17) is 4.74 Å². The van der Waals surface area contributed by atoms with Crippen LogP contribution in [0.15, 0.2) is 0 Å². The van der Waals surface area contributed by atoms with Crippen molar-refractivity contribution in [2.45, 2.75) is 76.2 Å². The van der Waals surface area contributed by atoms with Gasteiger partial charge in [0.1, 0.15) is 0 Å². The Labute approximate surface area is 167 Å². The Bertz CT molecular complexity index is 685. The Kier molecular flexibility index (Phi) is 4.48. The Hall–Kier alpha value is -1.20. The minimum absolute atomic E-state index is 0.0826. The maximum Gasteiger partial charge on any atom is 0.227 e. The summed E-state index contributed by atoms with van der Waals surface area (Å²) in [5.41, 5.74) is 3.40. The summed E-state index contributed by atoms with van der Waals surface area (Å²) in [7, 11) is 0. The molecule has 4 heterocycles. The second-order valence-electron chi connectivity index (χ2n) is 10.2. The van der Waals surface area contributed by atoms with E-state index >= 15 is 0 Å². The number of piperidine rings is 1. The molecule has 0 bridgehead atoms. The molecular formula is C21H33N5O2. The van der Waals surface area contributed by atoms with Crippen molar-refractivity contribution >= 4 is 5.91 Å². The van der Waals surface area contributed by atoms with Gasteiger partial charge in [-0.25, -0.2) is 5.01 Å². The molecule has 1 aliphatic carbocycles. The molecule has 3 N–H and O–H groups in total. The van der Waals surface area contributed by atoms with E-state index in [-0.39, 0.29) is 23.0 Å². The summed E-state index contributed by atoms with van der Waals surface area (Å²) < 4.78 is 5.58. The first-order chi connectivity index (χ1) is 13.5. The molecule has 7 heteroatoms. The number of ether oxygens (including phenoxy) is 1. The van der Waals surface area contributed by atoms with Gasteiger partial charge >= 0.3 is 0 Å². The molecule has 6 unspecified atom stereocenters. The number of hydrogen-bond acceptors (Lipinski definition) is 6. The molecule has 1 amide bonds. The molecule has 154 valence electrons. The lowest BCUT2D eigenvalue weighted by Crippen LogP contribution is -2.67. The van der Waals surface area contributed by atoms with Gasteiger partial charge in [-0.1, -0.05) is 26.7 Å². The van der Waals surface area contributed by atoms with Gasteiger partial charge in [-0.15, -0.1) is 0 Å². The van der Waals surface area contributed by atoms with Crippen LogP contribution < -0.4 is 16.1 Å². The minimum Gasteiger partial charge on any atom is -0.377 e. The fourth-order valence-corrected chi connectivity index (χ4v) is 6.88. The summed E-state index contributed by atoms with van der Waals surface area (Å²) in [5.74, 6) is 1.51. The first-order valence-corrected chi connectivity index (χ1v) is 11.0. The molecule has 0 spiro atoms. The van der Waals surface area contributed by atoms with Gasteiger partial charge in [-0.2, -0.15) is 5.26 Å². The van der Waals surface area contributed by atoms with Gasteiger partial charge < -0.3 is 10.1 Å². The van der Waals surface area contributed by atoms with Gasteiger partial charge in [-0.05, 0) is 37.6 Å². The van der Waals surface area contributed by atoms with Gasteiger partial charge in [0, 0.05) is 23.4 Å². The zero-order valence-electron chi connectivity index (χ0n) is 17.0. The zero-order valence-corrected chi connectivity index (χ0v) is 17.0. The first-order valence-electron chi connectivity index (χ1n) is 11.0. The van der Waals surface area contributed by atoms with Crippen molar-refractivity contribution in [3.63, 3.8) is 0 Å². The van der Waals surface area contributed by atoms with Crippen molar-refractivity contribution in [2.75, 3.05) is 19.8 Å². The fourth-order valence-electron chi connectivity index (χ4n) is 6.88. The van der Waals surface area contributed by atoms with Crippen molar-refractivity contribution in [3.8, 4) is 6.07 Å². The highest BCUT2D eigenvalue weighted by atomic mass is 16.5. The Morgan fingerprint density at radius 1 is 1.21 bits per heavy atom. The van der Waals surface area contributed by atoms with Crippen LogP contribution in [0, 0.1) is 34.5 Å². The molecule has 6 atom stereocenters. The van der Waals surface area contributed by atoms with Gasteiger partial charge in [0.15, 0.2) is 0 Å². The van der Waals surface area contributed by atoms with Crippen LogP contribution in [0.5, 0.6) is 0 Å². The summed E-state index contributed by atoms with van der Waals surface area (Å²) in [4.78, 5) is 12.6. The normalized spacial score (nSPS) is 44.1. The van der Waals surface area contributed by atoms with Crippen molar-refractivity contribution in [1.29, 1.82) is 5.26 Å². The van der Waals surface area contributed by atoms with Crippen molar-refractivity contribution in [3.05, 3.63) is 0 Å². The lowest BCUT2D eigenvalue weighted by molar-refractivity contribution is -0.164. The number of hydrogen-bond donors (Lipinski definition) is 3. The van der Waals surface area contributed by atoms with Crippen LogP contribution in [0.3, 0.4) is 0 Å². The molecule has 0 radical (unpaired) electrons. The molecule has 0 aromatic rings. The molecule has 0 aromatic heterocycles. The number of carbonyl (C=O) groups excluding carboxylic acids is 1. The molecule has 1 saturated carbocycles. The predicted octanol–water partition coefficient (Wildman–Crippen LogP) is 1.12. The first kappa shape index (κ1) is 18.8. The number of nitriles is 1. The van der Waals surface area contributed by atoms with E-state index < -0.39 is 0 Å². The molecule has 7 nitrogen and oxygen atoms in total. The van der Waals surface area contributed by atoms with E-state index in [9.17, 15) is 10.1 Å². The van der Waals surface area contributed by atoms with E-state index in [1.165, 1.54) is 25.7 Å². The lowest BCUT2D eigenvalue weighted by Gasteiger charge is -2.50. The molecule has 5 fully saturated rings. The highest BCUT2D eigenvalue weighted by Gasteiger charge is 2.60. The third-order valence-electron chi connectivity index (χ3n) is 8.35. The third-order valence-corrected chi connectivity index (χ3v) is 8.35. The molecule has 0 aromatic carbocycles. The van der Waals surface area contributed by atoms with Gasteiger partial charge in [0.05, 0.1) is 37.4 Å². The quantitative estimate of drug-likeness (QED) is 0.673. The van der Waals surface area contributed by atoms with Crippen LogP contribution in [0.4, 0.5) is 0 Å². The molecule has 5 rings (SSSR count). The fraction of sp³-hybridized carbons (Fsp3) is 0.905. The summed E-state index contributed by atoms with van der Waals surface area (Å²) >= 11 is 0. The average molecular weight is 388 g/mol. The Morgan fingerprint density at radius 2 is 2.00 bits per heavy atom. The summed E-state index contributed by atoms with van der Waals surface area (Å²) in [5, 5.41) is 18.6. The van der Waals surface area contributed by atoms with E-state index in [0.717, 1.165) is 13.0 Å². The molecule has 4 saturated heterocycles. The van der Waals surface area contributed by atoms with E-state index in [1.54, 1.807) is 0 Å². The zero-order chi connectivity index (χ0) is 19.5. The number of carbonyl (C=O) groups is 1. The Balaban J connectivity index is 1.46. The number of rotatable bonds is 3. The standard InChI is InChI=1S/C21H33N5O2/c1-20(2)16-14(7-10-23-18(16)24-19(20)27)17-13-5-3-4-6-15(13)26(25-17)21(8-9-22)11-28-12-21/h13-18,23,25H,3-8,10-12H2,1-2H3,(H,24,27). The van der Waals surface area contributed by atoms with Crippen LogP contribution in [-0.4, -0.2) is 54.5 Å². The summed E-state index contributed by atoms with van der Waals surface area (Å²) in [6, 6.07) is 3.27. The van der Waals surface area contributed by atoms with Crippen LogP contribution in [0.1, 0.15) is 52.4 Å². The maximum absolute atomic E-state index is 12.6. The minimum atomic E-state index is -0.355. The average Bonchev–Trinajstić information content (AvgIpc) is 3.14. The Morgan fingerprint density at radius 3 is 2.71 bits per heavy atom. The summed E-state index contributed by atoms with van der Waals surface area (Å²) in [6.07, 6.45) is 6.68. The number of nitrogens with zero attached hydrogens (tertiary/aromatic N) is 2. The van der Waals surface area contributed by atoms with Crippen LogP contribution in [0.2, 0.25) is 0 Å². The molecule has 4 aliphatic heterocycles. The van der Waals surface area contributed by atoms with Gasteiger partial charge in [-0.3, -0.25) is 15.5 Å². The predicted molar refractivity (Wildman–Crippen MR) is 104 cm³/mol. The maximum atomic E-state index is 12.6. The SMILES string of the molecule is CC1(C)C(=O)NC2NCCC(C3NN(C4(CC#N)COC4)C4CCCCC34)C21. The largest absolute Gasteiger partial charge is 0.377 e. The van der Waals surface area contributed by atoms with Crippen LogP contribution in [-0.2, 0) is 9.53 Å². The number of hydrazine groups is 1. The van der Waals surface area contributed by atoms with Crippen molar-refractivity contribution in [2.24, 2.45) is 23.2 Å². The molecule has 28 heavy (non-hydrogen) atoms. The van der Waals surface area contributed by atoms with E-state index in [2.05, 4.69) is 41.0 Å². The summed E-state index contributed by atoms with van der Waals surface area (Å²) in [6.45, 7) is 6.45. The van der Waals surface area contributed by atoms with Gasteiger partial charge in [0.2, 0.25) is 5.91 Å². The monoisotopic (exact) mass is 387 g/mol. The molecule has 5 aliphatic rings. The van der Waals surface area contributed by atoms with E-state index in [0.29, 0.717) is 49.5 Å². The van der Waals surface area contributed by atoms with Crippen LogP contribution >= 0.6 is 0 Å². The second-order valence-corrected chi connectivity index (χ2v) is 10.2. The lowest BCUT2D eigenvalue weighted by atomic mass is 9.64. The smallest absolute Gasteiger partial charge is 0.227 e. The molecular weight excluding hydrogens is 354 g/mol. The second kappa shape index (κ2) is 6.66. The highest BCUT2D eigenvalue weighted by Crippen LogP contribution is 2.50. The number of nitrogens with one attached hydrogen (secondary N) is 3. The van der Waals surface area contributed by atoms with Crippen LogP contribution in [0.25, 0.3) is 0 Å². The number of amides is 1. The van der Waals surface area contributed by atoms with Gasteiger partial charge in [0.25, 0.3) is 0 Å². The van der Waals surface area contributed by atoms with Crippen molar-refractivity contribution < 1.29 is 9.53 Å².